The molecule has 116 valence electrons. The van der Waals surface area contributed by atoms with Crippen LogP contribution in [0.2, 0.25) is 5.02 Å². The minimum atomic E-state index is -0.200. The van der Waals surface area contributed by atoms with E-state index in [4.69, 9.17) is 16.3 Å². The van der Waals surface area contributed by atoms with Crippen LogP contribution in [0.4, 0.5) is 0 Å². The fourth-order valence-electron chi connectivity index (χ4n) is 2.59. The maximum absolute atomic E-state index is 11.8. The SMILES string of the molecule is O=C(COc1ccc(Br)cc1Cl)NCC1(CO)CCCC1. The number of ether oxygens (including phenoxy) is 1. The number of carbonyl (C=O) groups is 1. The summed E-state index contributed by atoms with van der Waals surface area (Å²) in [7, 11) is 0. The van der Waals surface area contributed by atoms with Gasteiger partial charge in [0.1, 0.15) is 5.75 Å². The summed E-state index contributed by atoms with van der Waals surface area (Å²) in [5, 5.41) is 12.8. The first kappa shape index (κ1) is 16.6. The number of aliphatic hydroxyl groups excluding tert-OH is 1. The Hall–Kier alpha value is -0.780. The number of benzene rings is 1. The molecule has 0 radical (unpaired) electrons. The topological polar surface area (TPSA) is 58.6 Å². The summed E-state index contributed by atoms with van der Waals surface area (Å²) >= 11 is 9.33. The van der Waals surface area contributed by atoms with Crippen LogP contribution in [-0.2, 0) is 4.79 Å². The van der Waals surface area contributed by atoms with E-state index in [9.17, 15) is 9.90 Å². The summed E-state index contributed by atoms with van der Waals surface area (Å²) in [6.45, 7) is 0.537. The Kier molecular flexibility index (Phi) is 5.90. The molecule has 1 aromatic carbocycles. The first-order valence-corrected chi connectivity index (χ1v) is 8.17. The van der Waals surface area contributed by atoms with E-state index < -0.39 is 0 Å². The molecule has 0 aromatic heterocycles. The van der Waals surface area contributed by atoms with Gasteiger partial charge < -0.3 is 15.2 Å². The average molecular weight is 377 g/mol. The third-order valence-electron chi connectivity index (χ3n) is 3.91. The molecule has 4 nitrogen and oxygen atoms in total. The van der Waals surface area contributed by atoms with Gasteiger partial charge in [-0.25, -0.2) is 0 Å². The summed E-state index contributed by atoms with van der Waals surface area (Å²) in [6.07, 6.45) is 4.15. The second-order valence-electron chi connectivity index (χ2n) is 5.51. The zero-order valence-electron chi connectivity index (χ0n) is 11.7. The van der Waals surface area contributed by atoms with E-state index in [1.807, 2.05) is 0 Å². The zero-order valence-corrected chi connectivity index (χ0v) is 14.0. The van der Waals surface area contributed by atoms with Crippen LogP contribution in [-0.4, -0.2) is 30.8 Å². The van der Waals surface area contributed by atoms with E-state index in [0.29, 0.717) is 17.3 Å². The van der Waals surface area contributed by atoms with E-state index in [1.54, 1.807) is 18.2 Å². The quantitative estimate of drug-likeness (QED) is 0.802. The first-order valence-electron chi connectivity index (χ1n) is 7.00. The molecular weight excluding hydrogens is 358 g/mol. The van der Waals surface area contributed by atoms with Crippen molar-refractivity contribution in [2.75, 3.05) is 19.8 Å². The van der Waals surface area contributed by atoms with Gasteiger partial charge >= 0.3 is 0 Å². The van der Waals surface area contributed by atoms with Gasteiger partial charge in [0.15, 0.2) is 6.61 Å². The number of aliphatic hydroxyl groups is 1. The van der Waals surface area contributed by atoms with Gasteiger partial charge in [-0.2, -0.15) is 0 Å². The molecule has 0 heterocycles. The minimum Gasteiger partial charge on any atom is -0.482 e. The number of amides is 1. The van der Waals surface area contributed by atoms with E-state index in [1.165, 1.54) is 0 Å². The summed E-state index contributed by atoms with van der Waals surface area (Å²) in [6, 6.07) is 5.23. The Morgan fingerprint density at radius 2 is 2.14 bits per heavy atom. The molecule has 1 aromatic rings. The van der Waals surface area contributed by atoms with Gasteiger partial charge in [-0.15, -0.1) is 0 Å². The maximum Gasteiger partial charge on any atom is 0.257 e. The molecule has 21 heavy (non-hydrogen) atoms. The maximum atomic E-state index is 11.8. The van der Waals surface area contributed by atoms with Gasteiger partial charge in [0.2, 0.25) is 0 Å². The lowest BCUT2D eigenvalue weighted by molar-refractivity contribution is -0.123. The fraction of sp³-hybridized carbons (Fsp3) is 0.533. The van der Waals surface area contributed by atoms with Crippen LogP contribution in [0.25, 0.3) is 0 Å². The van der Waals surface area contributed by atoms with E-state index >= 15 is 0 Å². The lowest BCUT2D eigenvalue weighted by atomic mass is 9.87. The number of halogens is 2. The third kappa shape index (κ3) is 4.59. The summed E-state index contributed by atoms with van der Waals surface area (Å²) in [5.74, 6) is 0.279. The fourth-order valence-corrected chi connectivity index (χ4v) is 3.32. The Morgan fingerprint density at radius 3 is 2.76 bits per heavy atom. The Bertz CT molecular complexity index is 504. The second kappa shape index (κ2) is 7.47. The summed E-state index contributed by atoms with van der Waals surface area (Å²) in [5.41, 5.74) is -0.148. The van der Waals surface area contributed by atoms with Crippen molar-refractivity contribution >= 4 is 33.4 Å². The highest BCUT2D eigenvalue weighted by Crippen LogP contribution is 2.36. The van der Waals surface area contributed by atoms with Crippen molar-refractivity contribution in [3.63, 3.8) is 0 Å². The molecule has 0 saturated heterocycles. The van der Waals surface area contributed by atoms with Crippen molar-refractivity contribution in [3.05, 3.63) is 27.7 Å². The molecule has 1 aliphatic carbocycles. The smallest absolute Gasteiger partial charge is 0.257 e. The number of nitrogens with one attached hydrogen (secondary N) is 1. The number of carbonyl (C=O) groups excluding carboxylic acids is 1. The Morgan fingerprint density at radius 1 is 1.43 bits per heavy atom. The highest BCUT2D eigenvalue weighted by Gasteiger charge is 2.33. The van der Waals surface area contributed by atoms with Crippen molar-refractivity contribution in [2.24, 2.45) is 5.41 Å². The van der Waals surface area contributed by atoms with E-state index in [2.05, 4.69) is 21.2 Å². The van der Waals surface area contributed by atoms with Crippen molar-refractivity contribution < 1.29 is 14.6 Å². The normalized spacial score (nSPS) is 16.7. The first-order chi connectivity index (χ1) is 10.0. The molecule has 0 atom stereocenters. The monoisotopic (exact) mass is 375 g/mol. The standard InChI is InChI=1S/C15H19BrClNO3/c16-11-3-4-13(12(17)7-11)21-8-14(20)18-9-15(10-19)5-1-2-6-15/h3-4,7,19H,1-2,5-6,8-10H2,(H,18,20). The molecule has 0 bridgehead atoms. The van der Waals surface area contributed by atoms with Gasteiger partial charge in [-0.3, -0.25) is 4.79 Å². The van der Waals surface area contributed by atoms with Crippen molar-refractivity contribution in [1.82, 2.24) is 5.32 Å². The largest absolute Gasteiger partial charge is 0.482 e. The van der Waals surface area contributed by atoms with Crippen LogP contribution in [0, 0.1) is 5.41 Å². The minimum absolute atomic E-state index is 0.0805. The molecule has 2 N–H and O–H groups in total. The van der Waals surface area contributed by atoms with Gasteiger partial charge in [0.25, 0.3) is 5.91 Å². The highest BCUT2D eigenvalue weighted by atomic mass is 79.9. The number of hydrogen-bond donors (Lipinski definition) is 2. The van der Waals surface area contributed by atoms with Gasteiger partial charge in [0.05, 0.1) is 11.6 Å². The highest BCUT2D eigenvalue weighted by molar-refractivity contribution is 9.10. The van der Waals surface area contributed by atoms with Crippen LogP contribution >= 0.6 is 27.5 Å². The van der Waals surface area contributed by atoms with Crippen LogP contribution in [0.5, 0.6) is 5.75 Å². The Balaban J connectivity index is 1.79. The Labute approximate surface area is 138 Å². The molecule has 1 fully saturated rings. The molecule has 1 saturated carbocycles. The van der Waals surface area contributed by atoms with Gasteiger partial charge in [0, 0.05) is 16.4 Å². The predicted molar refractivity (Wildman–Crippen MR) is 85.6 cm³/mol. The molecule has 0 unspecified atom stereocenters. The molecule has 0 spiro atoms. The molecule has 6 heteroatoms. The van der Waals surface area contributed by atoms with Crippen LogP contribution in [0.1, 0.15) is 25.7 Å². The number of hydrogen-bond acceptors (Lipinski definition) is 3. The van der Waals surface area contributed by atoms with Crippen molar-refractivity contribution in [2.45, 2.75) is 25.7 Å². The predicted octanol–water partition coefficient (Wildman–Crippen LogP) is 3.15. The number of rotatable bonds is 6. The summed E-state index contributed by atoms with van der Waals surface area (Å²) in [4.78, 5) is 11.8. The van der Waals surface area contributed by atoms with Crippen LogP contribution < -0.4 is 10.1 Å². The average Bonchev–Trinajstić information content (AvgIpc) is 2.94. The van der Waals surface area contributed by atoms with Crippen molar-refractivity contribution in [3.8, 4) is 5.75 Å². The lowest BCUT2D eigenvalue weighted by Crippen LogP contribution is -2.40. The molecular formula is C15H19BrClNO3. The third-order valence-corrected chi connectivity index (χ3v) is 4.70. The zero-order chi connectivity index (χ0) is 15.3. The van der Waals surface area contributed by atoms with E-state index in [0.717, 1.165) is 30.2 Å². The molecule has 1 aliphatic rings. The lowest BCUT2D eigenvalue weighted by Gasteiger charge is -2.26. The van der Waals surface area contributed by atoms with Crippen molar-refractivity contribution in [1.29, 1.82) is 0 Å². The van der Waals surface area contributed by atoms with Crippen LogP contribution in [0.3, 0.4) is 0 Å². The van der Waals surface area contributed by atoms with Gasteiger partial charge in [-0.05, 0) is 31.0 Å². The van der Waals surface area contributed by atoms with Crippen LogP contribution in [0.15, 0.2) is 22.7 Å². The van der Waals surface area contributed by atoms with Gasteiger partial charge in [-0.1, -0.05) is 40.4 Å². The molecule has 2 rings (SSSR count). The molecule has 1 amide bonds. The van der Waals surface area contributed by atoms with E-state index in [-0.39, 0.29) is 24.5 Å². The molecule has 0 aliphatic heterocycles. The summed E-state index contributed by atoms with van der Waals surface area (Å²) < 4.78 is 6.26. The second-order valence-corrected chi connectivity index (χ2v) is 6.83.